The molecule has 0 saturated carbocycles. The van der Waals surface area contributed by atoms with Crippen molar-refractivity contribution in [2.45, 2.75) is 26.3 Å². The third-order valence-electron chi connectivity index (χ3n) is 1.71. The van der Waals surface area contributed by atoms with Crippen LogP contribution in [0, 0.1) is 0 Å². The first kappa shape index (κ1) is 10.1. The van der Waals surface area contributed by atoms with Gasteiger partial charge in [-0.1, -0.05) is 0 Å². The monoisotopic (exact) mass is 183 g/mol. The highest BCUT2D eigenvalue weighted by Crippen LogP contribution is 1.98. The Morgan fingerprint density at radius 2 is 2.08 bits per heavy atom. The summed E-state index contributed by atoms with van der Waals surface area (Å²) in [7, 11) is 4.07. The second-order valence-corrected chi connectivity index (χ2v) is 3.67. The summed E-state index contributed by atoms with van der Waals surface area (Å²) in [6, 6.07) is 0.292. The van der Waals surface area contributed by atoms with Crippen LogP contribution in [0.4, 0.5) is 0 Å². The molecule has 0 aromatic carbocycles. The molecule has 5 nitrogen and oxygen atoms in total. The fourth-order valence-electron chi connectivity index (χ4n) is 0.898. The fourth-order valence-corrected chi connectivity index (χ4v) is 0.898. The van der Waals surface area contributed by atoms with Crippen LogP contribution in [0.5, 0.6) is 0 Å². The van der Waals surface area contributed by atoms with E-state index in [2.05, 4.69) is 20.3 Å². The second-order valence-electron chi connectivity index (χ2n) is 3.67. The maximum atomic E-state index is 4.25. The van der Waals surface area contributed by atoms with Crippen molar-refractivity contribution in [1.82, 2.24) is 25.1 Å². The smallest absolute Gasteiger partial charge is 0.176 e. The number of tetrazole rings is 1. The van der Waals surface area contributed by atoms with Gasteiger partial charge in [0.15, 0.2) is 5.82 Å². The van der Waals surface area contributed by atoms with E-state index in [1.165, 1.54) is 0 Å². The van der Waals surface area contributed by atoms with Crippen LogP contribution in [0.15, 0.2) is 0 Å². The molecule has 0 saturated heterocycles. The molecule has 0 aliphatic heterocycles. The van der Waals surface area contributed by atoms with E-state index in [9.17, 15) is 0 Å². The molecular formula is C8H17N5. The molecule has 0 radical (unpaired) electrons. The fraction of sp³-hybridized carbons (Fsp3) is 0.875. The maximum Gasteiger partial charge on any atom is 0.176 e. The van der Waals surface area contributed by atoms with Gasteiger partial charge in [0.05, 0.1) is 6.04 Å². The van der Waals surface area contributed by atoms with Crippen molar-refractivity contribution in [2.75, 3.05) is 20.6 Å². The van der Waals surface area contributed by atoms with Gasteiger partial charge in [0, 0.05) is 13.0 Å². The molecule has 13 heavy (non-hydrogen) atoms. The molecule has 1 rings (SSSR count). The van der Waals surface area contributed by atoms with Gasteiger partial charge >= 0.3 is 0 Å². The Kier molecular flexibility index (Phi) is 3.36. The topological polar surface area (TPSA) is 46.8 Å². The van der Waals surface area contributed by atoms with Crippen LogP contribution in [0.25, 0.3) is 0 Å². The Hall–Kier alpha value is -0.970. The lowest BCUT2D eigenvalue weighted by Crippen LogP contribution is -2.16. The Morgan fingerprint density at radius 1 is 1.38 bits per heavy atom. The molecule has 1 aromatic heterocycles. The minimum atomic E-state index is 0.292. The minimum Gasteiger partial charge on any atom is -0.309 e. The van der Waals surface area contributed by atoms with Crippen molar-refractivity contribution in [3.63, 3.8) is 0 Å². The molecule has 0 aliphatic carbocycles. The first-order valence-electron chi connectivity index (χ1n) is 4.52. The standard InChI is InChI=1S/C8H17N5/c1-7(2)13-10-8(9-11-13)5-6-12(3)4/h7H,5-6H2,1-4H3. The van der Waals surface area contributed by atoms with Crippen LogP contribution in [-0.2, 0) is 6.42 Å². The lowest BCUT2D eigenvalue weighted by molar-refractivity contribution is 0.407. The summed E-state index contributed by atoms with van der Waals surface area (Å²) in [6.07, 6.45) is 0.861. The highest BCUT2D eigenvalue weighted by molar-refractivity contribution is 4.78. The van der Waals surface area contributed by atoms with E-state index in [4.69, 9.17) is 0 Å². The minimum absolute atomic E-state index is 0.292. The zero-order chi connectivity index (χ0) is 9.84. The lowest BCUT2D eigenvalue weighted by Gasteiger charge is -2.05. The van der Waals surface area contributed by atoms with Crippen molar-refractivity contribution < 1.29 is 0 Å². The third-order valence-corrected chi connectivity index (χ3v) is 1.71. The molecule has 0 N–H and O–H groups in total. The number of hydrogen-bond donors (Lipinski definition) is 0. The zero-order valence-electron chi connectivity index (χ0n) is 8.73. The highest BCUT2D eigenvalue weighted by Gasteiger charge is 2.04. The molecule has 0 unspecified atom stereocenters. The molecule has 0 spiro atoms. The Labute approximate surface area is 78.7 Å². The van der Waals surface area contributed by atoms with E-state index in [1.54, 1.807) is 4.80 Å². The van der Waals surface area contributed by atoms with Gasteiger partial charge in [-0.2, -0.15) is 4.80 Å². The van der Waals surface area contributed by atoms with Crippen molar-refractivity contribution in [1.29, 1.82) is 0 Å². The number of nitrogens with zero attached hydrogens (tertiary/aromatic N) is 5. The van der Waals surface area contributed by atoms with Crippen molar-refractivity contribution in [2.24, 2.45) is 0 Å². The molecule has 74 valence electrons. The van der Waals surface area contributed by atoms with E-state index >= 15 is 0 Å². The number of hydrogen-bond acceptors (Lipinski definition) is 4. The molecule has 0 aliphatic rings. The summed E-state index contributed by atoms with van der Waals surface area (Å²) in [5.41, 5.74) is 0. The molecule has 1 aromatic rings. The Morgan fingerprint density at radius 3 is 2.54 bits per heavy atom. The second kappa shape index (κ2) is 4.32. The summed E-state index contributed by atoms with van der Waals surface area (Å²) >= 11 is 0. The van der Waals surface area contributed by atoms with E-state index in [1.807, 2.05) is 27.9 Å². The van der Waals surface area contributed by atoms with Gasteiger partial charge in [0.1, 0.15) is 0 Å². The average Bonchev–Trinajstić information content (AvgIpc) is 2.48. The molecule has 5 heteroatoms. The van der Waals surface area contributed by atoms with Crippen LogP contribution in [0.1, 0.15) is 25.7 Å². The predicted octanol–water partition coefficient (Wildman–Crippen LogP) is 0.358. The third kappa shape index (κ3) is 3.10. The van der Waals surface area contributed by atoms with Gasteiger partial charge in [-0.25, -0.2) is 0 Å². The number of likely N-dealkylation sites (N-methyl/N-ethyl adjacent to an activating group) is 1. The van der Waals surface area contributed by atoms with Gasteiger partial charge in [-0.3, -0.25) is 0 Å². The van der Waals surface area contributed by atoms with Crippen molar-refractivity contribution >= 4 is 0 Å². The normalized spacial score (nSPS) is 11.5. The first-order chi connectivity index (χ1) is 6.09. The SMILES string of the molecule is CC(C)n1nnc(CCN(C)C)n1. The van der Waals surface area contributed by atoms with Crippen LogP contribution in [-0.4, -0.2) is 45.7 Å². The van der Waals surface area contributed by atoms with E-state index in [-0.39, 0.29) is 0 Å². The van der Waals surface area contributed by atoms with E-state index in [0.717, 1.165) is 18.8 Å². The van der Waals surface area contributed by atoms with Gasteiger partial charge in [0.2, 0.25) is 0 Å². The van der Waals surface area contributed by atoms with Crippen molar-refractivity contribution in [3.05, 3.63) is 5.82 Å². The first-order valence-corrected chi connectivity index (χ1v) is 4.52. The molecular weight excluding hydrogens is 166 g/mol. The van der Waals surface area contributed by atoms with E-state index < -0.39 is 0 Å². The zero-order valence-corrected chi connectivity index (χ0v) is 8.73. The average molecular weight is 183 g/mol. The van der Waals surface area contributed by atoms with Gasteiger partial charge in [0.25, 0.3) is 0 Å². The van der Waals surface area contributed by atoms with Crippen LogP contribution >= 0.6 is 0 Å². The van der Waals surface area contributed by atoms with Crippen LogP contribution < -0.4 is 0 Å². The van der Waals surface area contributed by atoms with Crippen molar-refractivity contribution in [3.8, 4) is 0 Å². The summed E-state index contributed by atoms with van der Waals surface area (Å²) in [5.74, 6) is 0.822. The Bertz CT molecular complexity index is 253. The highest BCUT2D eigenvalue weighted by atomic mass is 15.6. The number of aromatic nitrogens is 4. The molecule has 1 heterocycles. The summed E-state index contributed by atoms with van der Waals surface area (Å²) in [5, 5.41) is 12.2. The lowest BCUT2D eigenvalue weighted by atomic mass is 10.4. The largest absolute Gasteiger partial charge is 0.309 e. The molecule has 0 atom stereocenters. The summed E-state index contributed by atoms with van der Waals surface area (Å²) < 4.78 is 0. The number of rotatable bonds is 4. The molecule has 0 amide bonds. The maximum absolute atomic E-state index is 4.25. The van der Waals surface area contributed by atoms with E-state index in [0.29, 0.717) is 6.04 Å². The quantitative estimate of drug-likeness (QED) is 0.676. The summed E-state index contributed by atoms with van der Waals surface area (Å²) in [4.78, 5) is 3.75. The van der Waals surface area contributed by atoms with Crippen LogP contribution in [0.3, 0.4) is 0 Å². The molecule has 0 bridgehead atoms. The van der Waals surface area contributed by atoms with Gasteiger partial charge in [-0.05, 0) is 33.2 Å². The Balaban J connectivity index is 2.49. The molecule has 0 fully saturated rings. The predicted molar refractivity (Wildman–Crippen MR) is 50.5 cm³/mol. The summed E-state index contributed by atoms with van der Waals surface area (Å²) in [6.45, 7) is 5.04. The van der Waals surface area contributed by atoms with Crippen LogP contribution in [0.2, 0.25) is 0 Å². The van der Waals surface area contributed by atoms with Gasteiger partial charge in [-0.15, -0.1) is 10.2 Å². The van der Waals surface area contributed by atoms with Gasteiger partial charge < -0.3 is 4.90 Å².